The van der Waals surface area contributed by atoms with Gasteiger partial charge < -0.3 is 15.0 Å². The minimum Gasteiger partial charge on any atom is -0.484 e. The zero-order chi connectivity index (χ0) is 22.1. The Morgan fingerprint density at radius 1 is 0.903 bits per heavy atom. The second-order valence-electron chi connectivity index (χ2n) is 7.13. The molecule has 0 bridgehead atoms. The number of carbonyl (C=O) groups excluding carboxylic acids is 2. The molecule has 3 rings (SSSR count). The van der Waals surface area contributed by atoms with Crippen molar-refractivity contribution in [2.24, 2.45) is 0 Å². The molecule has 0 heterocycles. The maximum absolute atomic E-state index is 13.0. The Hall–Kier alpha value is -3.31. The highest BCUT2D eigenvalue weighted by atomic mass is 35.5. The molecular weight excluding hydrogens is 412 g/mol. The van der Waals surface area contributed by atoms with Crippen molar-refractivity contribution in [1.82, 2.24) is 10.2 Å². The highest BCUT2D eigenvalue weighted by Crippen LogP contribution is 2.15. The molecule has 5 nitrogen and oxygen atoms in total. The number of hydrogen-bond donors (Lipinski definition) is 1. The lowest BCUT2D eigenvalue weighted by atomic mass is 10.1. The summed E-state index contributed by atoms with van der Waals surface area (Å²) in [6, 6.07) is 25.3. The largest absolute Gasteiger partial charge is 0.484 e. The van der Waals surface area contributed by atoms with Crippen LogP contribution in [0.15, 0.2) is 84.9 Å². The molecule has 1 atom stereocenters. The lowest BCUT2D eigenvalue weighted by Crippen LogP contribution is -2.48. The van der Waals surface area contributed by atoms with Gasteiger partial charge in [-0.2, -0.15) is 0 Å². The number of hydrogen-bond acceptors (Lipinski definition) is 3. The molecule has 1 unspecified atom stereocenters. The minimum absolute atomic E-state index is 0.159. The van der Waals surface area contributed by atoms with Gasteiger partial charge >= 0.3 is 0 Å². The summed E-state index contributed by atoms with van der Waals surface area (Å²) in [6.45, 7) is 2.23. The Kier molecular flexibility index (Phi) is 8.07. The van der Waals surface area contributed by atoms with Crippen LogP contribution in [-0.4, -0.2) is 29.4 Å². The van der Waals surface area contributed by atoms with Gasteiger partial charge in [-0.3, -0.25) is 9.59 Å². The average Bonchev–Trinajstić information content (AvgIpc) is 2.81. The Bertz CT molecular complexity index is 979. The van der Waals surface area contributed by atoms with Gasteiger partial charge in [0.15, 0.2) is 6.61 Å². The van der Waals surface area contributed by atoms with Gasteiger partial charge in [-0.1, -0.05) is 72.3 Å². The zero-order valence-corrected chi connectivity index (χ0v) is 18.1. The highest BCUT2D eigenvalue weighted by Gasteiger charge is 2.26. The molecule has 2 amide bonds. The molecule has 6 heteroatoms. The second kappa shape index (κ2) is 11.2. The third-order valence-electron chi connectivity index (χ3n) is 4.85. The first-order valence-corrected chi connectivity index (χ1v) is 10.4. The van der Waals surface area contributed by atoms with E-state index in [2.05, 4.69) is 5.32 Å². The van der Waals surface area contributed by atoms with Crippen LogP contribution in [0, 0.1) is 0 Å². The van der Waals surface area contributed by atoms with E-state index >= 15 is 0 Å². The van der Waals surface area contributed by atoms with Crippen LogP contribution < -0.4 is 10.1 Å². The maximum atomic E-state index is 13.0. The average molecular weight is 437 g/mol. The number of nitrogens with zero attached hydrogens (tertiary/aromatic N) is 1. The maximum Gasteiger partial charge on any atom is 0.261 e. The number of ether oxygens (including phenoxy) is 1. The Morgan fingerprint density at radius 2 is 1.52 bits per heavy atom. The van der Waals surface area contributed by atoms with Crippen molar-refractivity contribution < 1.29 is 14.3 Å². The number of para-hydroxylation sites is 1. The number of amides is 2. The van der Waals surface area contributed by atoms with Crippen LogP contribution in [0.1, 0.15) is 18.1 Å². The minimum atomic E-state index is -0.675. The number of carbonyl (C=O) groups is 2. The molecule has 3 aromatic carbocycles. The van der Waals surface area contributed by atoms with E-state index in [1.54, 1.807) is 31.2 Å². The van der Waals surface area contributed by atoms with E-state index < -0.39 is 6.04 Å². The SMILES string of the molecule is CC(C(=O)NCc1ccccc1)N(Cc1ccc(Cl)cc1)C(=O)COc1ccccc1. The van der Waals surface area contributed by atoms with Crippen molar-refractivity contribution in [3.8, 4) is 5.75 Å². The fourth-order valence-corrected chi connectivity index (χ4v) is 3.17. The summed E-state index contributed by atoms with van der Waals surface area (Å²) in [6.07, 6.45) is 0. The summed E-state index contributed by atoms with van der Waals surface area (Å²) >= 11 is 5.98. The highest BCUT2D eigenvalue weighted by molar-refractivity contribution is 6.30. The molecule has 31 heavy (non-hydrogen) atoms. The molecule has 1 N–H and O–H groups in total. The van der Waals surface area contributed by atoms with Crippen molar-refractivity contribution in [1.29, 1.82) is 0 Å². The number of rotatable bonds is 9. The van der Waals surface area contributed by atoms with Gasteiger partial charge in [0.25, 0.3) is 5.91 Å². The van der Waals surface area contributed by atoms with Crippen molar-refractivity contribution >= 4 is 23.4 Å². The monoisotopic (exact) mass is 436 g/mol. The summed E-state index contributed by atoms with van der Waals surface area (Å²) in [5.41, 5.74) is 1.87. The van der Waals surface area contributed by atoms with Crippen LogP contribution >= 0.6 is 11.6 Å². The quantitative estimate of drug-likeness (QED) is 0.539. The summed E-state index contributed by atoms with van der Waals surface area (Å²) in [5.74, 6) is 0.0931. The standard InChI is InChI=1S/C25H25ClN2O3/c1-19(25(30)27-16-20-8-4-2-5-9-20)28(17-21-12-14-22(26)15-13-21)24(29)18-31-23-10-6-3-7-11-23/h2-15,19H,16-18H2,1H3,(H,27,30). The summed E-state index contributed by atoms with van der Waals surface area (Å²) in [7, 11) is 0. The van der Waals surface area contributed by atoms with E-state index in [1.165, 1.54) is 4.90 Å². The van der Waals surface area contributed by atoms with Gasteiger partial charge in [-0.05, 0) is 42.3 Å². The van der Waals surface area contributed by atoms with Crippen molar-refractivity contribution in [2.45, 2.75) is 26.1 Å². The van der Waals surface area contributed by atoms with E-state index in [0.29, 0.717) is 17.3 Å². The fraction of sp³-hybridized carbons (Fsp3) is 0.200. The van der Waals surface area contributed by atoms with Gasteiger partial charge in [0, 0.05) is 18.1 Å². The van der Waals surface area contributed by atoms with Gasteiger partial charge in [-0.15, -0.1) is 0 Å². The Labute approximate surface area is 187 Å². The van der Waals surface area contributed by atoms with Crippen LogP contribution in [0.3, 0.4) is 0 Å². The normalized spacial score (nSPS) is 11.4. The van der Waals surface area contributed by atoms with Crippen LogP contribution in [0.2, 0.25) is 5.02 Å². The molecule has 0 saturated carbocycles. The number of nitrogens with one attached hydrogen (secondary N) is 1. The summed E-state index contributed by atoms with van der Waals surface area (Å²) in [4.78, 5) is 27.3. The fourth-order valence-electron chi connectivity index (χ4n) is 3.05. The van der Waals surface area contributed by atoms with E-state index in [1.807, 2.05) is 60.7 Å². The van der Waals surface area contributed by atoms with Crippen LogP contribution in [0.25, 0.3) is 0 Å². The molecule has 160 valence electrons. The van der Waals surface area contributed by atoms with Gasteiger partial charge in [0.05, 0.1) is 0 Å². The van der Waals surface area contributed by atoms with Gasteiger partial charge in [0.1, 0.15) is 11.8 Å². The Balaban J connectivity index is 1.69. The molecule has 0 fully saturated rings. The third-order valence-corrected chi connectivity index (χ3v) is 5.10. The van der Waals surface area contributed by atoms with Gasteiger partial charge in [0.2, 0.25) is 5.91 Å². The van der Waals surface area contributed by atoms with Crippen LogP contribution in [0.5, 0.6) is 5.75 Å². The first kappa shape index (κ1) is 22.4. The molecule has 0 aromatic heterocycles. The molecular formula is C25H25ClN2O3. The van der Waals surface area contributed by atoms with E-state index in [9.17, 15) is 9.59 Å². The second-order valence-corrected chi connectivity index (χ2v) is 7.57. The number of benzene rings is 3. The first-order valence-electron chi connectivity index (χ1n) is 10.1. The first-order chi connectivity index (χ1) is 15.0. The van der Waals surface area contributed by atoms with Gasteiger partial charge in [-0.25, -0.2) is 0 Å². The molecule has 0 aliphatic carbocycles. The van der Waals surface area contributed by atoms with Crippen molar-refractivity contribution in [2.75, 3.05) is 6.61 Å². The lowest BCUT2D eigenvalue weighted by Gasteiger charge is -2.28. The summed E-state index contributed by atoms with van der Waals surface area (Å²) < 4.78 is 5.62. The van der Waals surface area contributed by atoms with E-state index in [4.69, 9.17) is 16.3 Å². The van der Waals surface area contributed by atoms with Crippen molar-refractivity contribution in [3.05, 3.63) is 101 Å². The molecule has 0 spiro atoms. The van der Waals surface area contributed by atoms with E-state index in [0.717, 1.165) is 11.1 Å². The predicted molar refractivity (Wildman–Crippen MR) is 122 cm³/mol. The lowest BCUT2D eigenvalue weighted by molar-refractivity contribution is -0.142. The molecule has 0 aliphatic heterocycles. The van der Waals surface area contributed by atoms with E-state index in [-0.39, 0.29) is 25.0 Å². The number of halogens is 1. The molecule has 0 radical (unpaired) electrons. The topological polar surface area (TPSA) is 58.6 Å². The van der Waals surface area contributed by atoms with Crippen LogP contribution in [-0.2, 0) is 22.7 Å². The smallest absolute Gasteiger partial charge is 0.261 e. The molecule has 0 saturated heterocycles. The third kappa shape index (κ3) is 6.86. The predicted octanol–water partition coefficient (Wildman–Crippen LogP) is 4.45. The van der Waals surface area contributed by atoms with Crippen LogP contribution in [0.4, 0.5) is 0 Å². The zero-order valence-electron chi connectivity index (χ0n) is 17.3. The molecule has 0 aliphatic rings. The Morgan fingerprint density at radius 3 is 2.16 bits per heavy atom. The summed E-state index contributed by atoms with van der Waals surface area (Å²) in [5, 5.41) is 3.52. The molecule has 3 aromatic rings. The van der Waals surface area contributed by atoms with Crippen molar-refractivity contribution in [3.63, 3.8) is 0 Å².